The van der Waals surface area contributed by atoms with Gasteiger partial charge < -0.3 is 15.4 Å². The number of nitrogens with one attached hydrogen (secondary N) is 2. The fourth-order valence-corrected chi connectivity index (χ4v) is 2.46. The molecule has 0 saturated heterocycles. The van der Waals surface area contributed by atoms with E-state index in [1.54, 1.807) is 13.2 Å². The Morgan fingerprint density at radius 1 is 1.08 bits per heavy atom. The quantitative estimate of drug-likeness (QED) is 0.683. The van der Waals surface area contributed by atoms with Crippen molar-refractivity contribution in [3.63, 3.8) is 0 Å². The summed E-state index contributed by atoms with van der Waals surface area (Å²) in [6.45, 7) is 0.942. The van der Waals surface area contributed by atoms with E-state index in [0.29, 0.717) is 24.5 Å². The number of hydrogen-bond donors (Lipinski definition) is 2. The van der Waals surface area contributed by atoms with Gasteiger partial charge in [-0.05, 0) is 24.3 Å². The van der Waals surface area contributed by atoms with E-state index >= 15 is 0 Å². The molecule has 122 valence electrons. The Hall–Kier alpha value is -2.92. The highest BCUT2D eigenvalue weighted by Gasteiger charge is 2.12. The van der Waals surface area contributed by atoms with Crippen molar-refractivity contribution in [1.82, 2.24) is 10.3 Å². The molecule has 0 saturated carbocycles. The third kappa shape index (κ3) is 3.70. The number of carbonyl (C=O) groups excluding carboxylic acids is 1. The molecular formula is C19H19N3O2. The fourth-order valence-electron chi connectivity index (χ4n) is 2.46. The predicted molar refractivity (Wildman–Crippen MR) is 95.7 cm³/mol. The zero-order valence-corrected chi connectivity index (χ0v) is 13.5. The minimum absolute atomic E-state index is 0.137. The first-order valence-corrected chi connectivity index (χ1v) is 7.77. The minimum atomic E-state index is -0.137. The molecule has 3 aromatic rings. The van der Waals surface area contributed by atoms with Gasteiger partial charge in [-0.3, -0.25) is 4.79 Å². The fraction of sp³-hybridized carbons (Fsp3) is 0.158. The molecule has 1 aromatic heterocycles. The lowest BCUT2D eigenvalue weighted by molar-refractivity contribution is 0.0938. The normalized spacial score (nSPS) is 10.5. The molecule has 2 aromatic carbocycles. The molecule has 0 aliphatic carbocycles. The van der Waals surface area contributed by atoms with Crippen LogP contribution >= 0.6 is 0 Å². The van der Waals surface area contributed by atoms with Crippen LogP contribution in [0.5, 0.6) is 0 Å². The summed E-state index contributed by atoms with van der Waals surface area (Å²) in [6, 6.07) is 19.1. The number of anilines is 2. The van der Waals surface area contributed by atoms with Crippen LogP contribution < -0.4 is 10.6 Å². The maximum Gasteiger partial charge on any atom is 0.252 e. The summed E-state index contributed by atoms with van der Waals surface area (Å²) in [7, 11) is 1.61. The van der Waals surface area contributed by atoms with Crippen LogP contribution in [0, 0.1) is 0 Å². The lowest BCUT2D eigenvalue weighted by Crippen LogP contribution is -2.27. The third-order valence-electron chi connectivity index (χ3n) is 3.60. The Morgan fingerprint density at radius 2 is 1.83 bits per heavy atom. The van der Waals surface area contributed by atoms with Gasteiger partial charge >= 0.3 is 0 Å². The van der Waals surface area contributed by atoms with E-state index in [4.69, 9.17) is 4.74 Å². The van der Waals surface area contributed by atoms with Crippen LogP contribution in [0.4, 0.5) is 11.5 Å². The number of fused-ring (bicyclic) bond motifs is 1. The number of pyridine rings is 1. The highest BCUT2D eigenvalue weighted by Crippen LogP contribution is 2.23. The Morgan fingerprint density at radius 3 is 2.62 bits per heavy atom. The second-order valence-corrected chi connectivity index (χ2v) is 5.31. The number of ether oxygens (including phenoxy) is 1. The van der Waals surface area contributed by atoms with Gasteiger partial charge in [-0.2, -0.15) is 0 Å². The topological polar surface area (TPSA) is 63.2 Å². The summed E-state index contributed by atoms with van der Waals surface area (Å²) in [5.74, 6) is 0.499. The van der Waals surface area contributed by atoms with Crippen LogP contribution in [-0.2, 0) is 4.74 Å². The van der Waals surface area contributed by atoms with E-state index in [2.05, 4.69) is 15.6 Å². The summed E-state index contributed by atoms with van der Waals surface area (Å²) < 4.78 is 4.98. The molecular weight excluding hydrogens is 302 g/mol. The van der Waals surface area contributed by atoms with Gasteiger partial charge in [0, 0.05) is 24.7 Å². The molecule has 2 N–H and O–H groups in total. The number of carbonyl (C=O) groups is 1. The van der Waals surface area contributed by atoms with E-state index in [0.717, 1.165) is 16.6 Å². The second kappa shape index (κ2) is 7.57. The monoisotopic (exact) mass is 321 g/mol. The molecule has 1 heterocycles. The average Bonchev–Trinajstić information content (AvgIpc) is 2.62. The van der Waals surface area contributed by atoms with Crippen LogP contribution in [0.15, 0.2) is 60.7 Å². The first-order valence-electron chi connectivity index (χ1n) is 7.77. The zero-order valence-electron chi connectivity index (χ0n) is 13.5. The number of hydrogen-bond acceptors (Lipinski definition) is 4. The SMILES string of the molecule is COCCNC(=O)c1cc(Nc2ccccc2)nc2ccccc12. The van der Waals surface area contributed by atoms with Crippen molar-refractivity contribution in [1.29, 1.82) is 0 Å². The van der Waals surface area contributed by atoms with Gasteiger partial charge in [-0.15, -0.1) is 0 Å². The van der Waals surface area contributed by atoms with Crippen molar-refractivity contribution in [2.75, 3.05) is 25.6 Å². The summed E-state index contributed by atoms with van der Waals surface area (Å²) >= 11 is 0. The first-order chi connectivity index (χ1) is 11.8. The summed E-state index contributed by atoms with van der Waals surface area (Å²) in [6.07, 6.45) is 0. The van der Waals surface area contributed by atoms with Crippen molar-refractivity contribution in [3.8, 4) is 0 Å². The standard InChI is InChI=1S/C19H19N3O2/c1-24-12-11-20-19(23)16-13-18(21-14-7-3-2-4-8-14)22-17-10-6-5-9-15(16)17/h2-10,13H,11-12H2,1H3,(H,20,23)(H,21,22). The number of benzene rings is 2. The first kappa shape index (κ1) is 16.0. The van der Waals surface area contributed by atoms with Crippen molar-refractivity contribution in [3.05, 3.63) is 66.2 Å². The van der Waals surface area contributed by atoms with E-state index in [1.165, 1.54) is 0 Å². The van der Waals surface area contributed by atoms with Gasteiger partial charge in [0.25, 0.3) is 5.91 Å². The van der Waals surface area contributed by atoms with Crippen LogP contribution in [0.1, 0.15) is 10.4 Å². The third-order valence-corrected chi connectivity index (χ3v) is 3.60. The Bertz CT molecular complexity index is 834. The summed E-state index contributed by atoms with van der Waals surface area (Å²) in [4.78, 5) is 17.1. The Balaban J connectivity index is 1.95. The lowest BCUT2D eigenvalue weighted by Gasteiger charge is -2.11. The largest absolute Gasteiger partial charge is 0.383 e. The van der Waals surface area contributed by atoms with Crippen LogP contribution in [0.2, 0.25) is 0 Å². The van der Waals surface area contributed by atoms with Crippen molar-refractivity contribution >= 4 is 28.3 Å². The Kier molecular flexibility index (Phi) is 5.03. The molecule has 0 aliphatic rings. The lowest BCUT2D eigenvalue weighted by atomic mass is 10.1. The smallest absolute Gasteiger partial charge is 0.252 e. The highest BCUT2D eigenvalue weighted by molar-refractivity contribution is 6.07. The average molecular weight is 321 g/mol. The van der Waals surface area contributed by atoms with Gasteiger partial charge in [0.15, 0.2) is 0 Å². The molecule has 0 atom stereocenters. The van der Waals surface area contributed by atoms with E-state index in [9.17, 15) is 4.79 Å². The number of amides is 1. The molecule has 24 heavy (non-hydrogen) atoms. The number of nitrogens with zero attached hydrogens (tertiary/aromatic N) is 1. The molecule has 0 fully saturated rings. The predicted octanol–water partition coefficient (Wildman–Crippen LogP) is 3.35. The van der Waals surface area contributed by atoms with Crippen LogP contribution in [-0.4, -0.2) is 31.2 Å². The molecule has 0 unspecified atom stereocenters. The number of aromatic nitrogens is 1. The van der Waals surface area contributed by atoms with Gasteiger partial charge in [-0.1, -0.05) is 36.4 Å². The molecule has 1 amide bonds. The highest BCUT2D eigenvalue weighted by atomic mass is 16.5. The Labute approximate surface area is 140 Å². The number of methoxy groups -OCH3 is 1. The van der Waals surface area contributed by atoms with Crippen molar-refractivity contribution < 1.29 is 9.53 Å². The molecule has 5 heteroatoms. The van der Waals surface area contributed by atoms with E-state index < -0.39 is 0 Å². The molecule has 0 aliphatic heterocycles. The molecule has 0 bridgehead atoms. The summed E-state index contributed by atoms with van der Waals surface area (Å²) in [5, 5.41) is 6.93. The number of rotatable bonds is 6. The van der Waals surface area contributed by atoms with Crippen LogP contribution in [0.25, 0.3) is 10.9 Å². The number of para-hydroxylation sites is 2. The van der Waals surface area contributed by atoms with Crippen molar-refractivity contribution in [2.24, 2.45) is 0 Å². The maximum absolute atomic E-state index is 12.5. The maximum atomic E-state index is 12.5. The van der Waals surface area contributed by atoms with E-state index in [-0.39, 0.29) is 5.91 Å². The van der Waals surface area contributed by atoms with Crippen LogP contribution in [0.3, 0.4) is 0 Å². The second-order valence-electron chi connectivity index (χ2n) is 5.31. The van der Waals surface area contributed by atoms with E-state index in [1.807, 2.05) is 54.6 Å². The summed E-state index contributed by atoms with van der Waals surface area (Å²) in [5.41, 5.74) is 2.29. The molecule has 5 nitrogen and oxygen atoms in total. The minimum Gasteiger partial charge on any atom is -0.383 e. The van der Waals surface area contributed by atoms with Gasteiger partial charge in [0.2, 0.25) is 0 Å². The van der Waals surface area contributed by atoms with Gasteiger partial charge in [0.05, 0.1) is 17.7 Å². The van der Waals surface area contributed by atoms with Gasteiger partial charge in [0.1, 0.15) is 5.82 Å². The van der Waals surface area contributed by atoms with Crippen molar-refractivity contribution in [2.45, 2.75) is 0 Å². The van der Waals surface area contributed by atoms with Gasteiger partial charge in [-0.25, -0.2) is 4.98 Å². The molecule has 0 radical (unpaired) electrons. The zero-order chi connectivity index (χ0) is 16.8. The molecule has 3 rings (SSSR count). The molecule has 0 spiro atoms.